The molecule has 4 heteroatoms. The molecule has 0 saturated carbocycles. The SMILES string of the molecule is CC(=II)C(=O)O. The summed E-state index contributed by atoms with van der Waals surface area (Å²) in [7, 11) is 0. The minimum Gasteiger partial charge on any atom is -0.478 e. The molecule has 7 heavy (non-hydrogen) atoms. The normalized spacial score (nSPS) is 12.6. The first-order valence-corrected chi connectivity index (χ1v) is 8.87. The molecule has 0 aliphatic heterocycles. The summed E-state index contributed by atoms with van der Waals surface area (Å²) in [5, 5.41) is 8.17. The Morgan fingerprint density at radius 3 is 2.29 bits per heavy atom. The highest BCUT2D eigenvalue weighted by atomic mass is 128. The lowest BCUT2D eigenvalue weighted by Crippen LogP contribution is -2.03. The Labute approximate surface area is 61.2 Å². The van der Waals surface area contributed by atoms with Crippen LogP contribution in [-0.2, 0) is 4.79 Å². The van der Waals surface area contributed by atoms with E-state index in [-0.39, 0.29) is 16.8 Å². The summed E-state index contributed by atoms with van der Waals surface area (Å²) in [5.41, 5.74) is 0. The van der Waals surface area contributed by atoms with E-state index in [1.807, 2.05) is 0 Å². The molecule has 0 atom stereocenters. The minimum absolute atomic E-state index is 0.209. The fourth-order valence-corrected chi connectivity index (χ4v) is 1.37. The molecule has 0 spiro atoms. The van der Waals surface area contributed by atoms with Crippen LogP contribution >= 0.6 is 35.4 Å². The topological polar surface area (TPSA) is 37.3 Å². The van der Waals surface area contributed by atoms with E-state index in [0.717, 1.165) is 0 Å². The summed E-state index contributed by atoms with van der Waals surface area (Å²) < 4.78 is 0.611. The predicted molar refractivity (Wildman–Crippen MR) is 46.4 cm³/mol. The van der Waals surface area contributed by atoms with Crippen LogP contribution in [0.1, 0.15) is 6.92 Å². The van der Waals surface area contributed by atoms with Gasteiger partial charge in [-0.25, -0.2) is 4.79 Å². The average molecular weight is 326 g/mol. The Kier molecular flexibility index (Phi) is 4.19. The van der Waals surface area contributed by atoms with Gasteiger partial charge in [-0.2, -0.15) is 0 Å². The summed E-state index contributed by atoms with van der Waals surface area (Å²) in [6.45, 7) is 1.65. The van der Waals surface area contributed by atoms with E-state index in [9.17, 15) is 4.79 Å². The summed E-state index contributed by atoms with van der Waals surface area (Å²) in [6.07, 6.45) is 0. The first-order chi connectivity index (χ1) is 3.18. The zero-order valence-electron chi connectivity index (χ0n) is 3.61. The smallest absolute Gasteiger partial charge is 0.337 e. The number of hydrogen-bond acceptors (Lipinski definition) is 1. The van der Waals surface area contributed by atoms with Gasteiger partial charge in [-0.05, 0) is 42.3 Å². The van der Waals surface area contributed by atoms with E-state index in [0.29, 0.717) is 3.51 Å². The van der Waals surface area contributed by atoms with Crippen molar-refractivity contribution in [2.24, 2.45) is 0 Å². The van der Waals surface area contributed by atoms with E-state index in [1.165, 1.54) is 0 Å². The fraction of sp³-hybridized carbons (Fsp3) is 0.333. The van der Waals surface area contributed by atoms with Gasteiger partial charge in [-0.1, -0.05) is 0 Å². The number of hydrogen-bond donors (Lipinski definition) is 1. The first-order valence-electron chi connectivity index (χ1n) is 1.51. The zero-order valence-corrected chi connectivity index (χ0v) is 7.93. The zero-order chi connectivity index (χ0) is 5.86. The molecule has 0 bridgehead atoms. The van der Waals surface area contributed by atoms with E-state index in [1.54, 1.807) is 6.92 Å². The predicted octanol–water partition coefficient (Wildman–Crippen LogP) is 1.58. The molecule has 0 aromatic rings. The standard InChI is InChI=1S/C3H4I2O2/c1-2(5-4)3(6)7/h1H3,(H,6,7). The van der Waals surface area contributed by atoms with Gasteiger partial charge in [0.15, 0.2) is 0 Å². The first kappa shape index (κ1) is 7.80. The van der Waals surface area contributed by atoms with Gasteiger partial charge in [0.2, 0.25) is 0 Å². The molecule has 0 aromatic carbocycles. The van der Waals surface area contributed by atoms with Crippen molar-refractivity contribution < 1.29 is 9.90 Å². The molecule has 1 N–H and O–H groups in total. The molecule has 0 aliphatic carbocycles. The third kappa shape index (κ3) is 3.39. The molecule has 0 unspecified atom stereocenters. The molecule has 0 aromatic heterocycles. The van der Waals surface area contributed by atoms with Crippen LogP contribution in [-0.4, -0.2) is 14.6 Å². The highest BCUT2D eigenvalue weighted by Gasteiger charge is 1.95. The summed E-state index contributed by atoms with van der Waals surface area (Å²) in [6, 6.07) is 0. The van der Waals surface area contributed by atoms with Crippen LogP contribution < -0.4 is 0 Å². The highest BCUT2D eigenvalue weighted by Crippen LogP contribution is 2.10. The molecular formula is C3H4I2O2. The highest BCUT2D eigenvalue weighted by molar-refractivity contribution is 15.0. The lowest BCUT2D eigenvalue weighted by molar-refractivity contribution is -0.129. The lowest BCUT2D eigenvalue weighted by atomic mass is 10.5. The molecule has 0 heterocycles. The van der Waals surface area contributed by atoms with E-state index in [2.05, 4.69) is 18.6 Å². The van der Waals surface area contributed by atoms with Crippen LogP contribution in [0, 0.1) is 0 Å². The van der Waals surface area contributed by atoms with Gasteiger partial charge in [0.25, 0.3) is 0 Å². The van der Waals surface area contributed by atoms with Crippen LogP contribution in [0.4, 0.5) is 0 Å². The van der Waals surface area contributed by atoms with Crippen molar-refractivity contribution in [3.05, 3.63) is 0 Å². The second-order valence-electron chi connectivity index (χ2n) is 0.910. The number of carboxylic acid groups (broad SMARTS) is 1. The molecule has 0 aliphatic rings. The van der Waals surface area contributed by atoms with Crippen LogP contribution in [0.5, 0.6) is 0 Å². The minimum atomic E-state index is -0.748. The molecular weight excluding hydrogens is 322 g/mol. The Morgan fingerprint density at radius 1 is 1.86 bits per heavy atom. The van der Waals surface area contributed by atoms with Crippen molar-refractivity contribution in [2.45, 2.75) is 6.92 Å². The second kappa shape index (κ2) is 3.76. The molecule has 0 rings (SSSR count). The number of aliphatic carboxylic acids is 1. The number of rotatable bonds is 1. The van der Waals surface area contributed by atoms with Crippen molar-refractivity contribution in [3.8, 4) is 0 Å². The van der Waals surface area contributed by atoms with Gasteiger partial charge in [0.1, 0.15) is 0 Å². The van der Waals surface area contributed by atoms with Crippen LogP contribution in [0.15, 0.2) is 0 Å². The van der Waals surface area contributed by atoms with Crippen molar-refractivity contribution in [1.82, 2.24) is 0 Å². The van der Waals surface area contributed by atoms with Gasteiger partial charge in [-0.3, -0.25) is 0 Å². The third-order valence-electron chi connectivity index (χ3n) is 0.402. The third-order valence-corrected chi connectivity index (χ3v) is 5.58. The quantitative estimate of drug-likeness (QED) is 0.743. The van der Waals surface area contributed by atoms with Gasteiger partial charge < -0.3 is 5.11 Å². The van der Waals surface area contributed by atoms with E-state index < -0.39 is 5.97 Å². The van der Waals surface area contributed by atoms with Gasteiger partial charge in [0, 0.05) is 0 Å². The number of halogens is 2. The van der Waals surface area contributed by atoms with Crippen molar-refractivity contribution in [2.75, 3.05) is 0 Å². The van der Waals surface area contributed by atoms with Crippen molar-refractivity contribution in [1.29, 1.82) is 0 Å². The monoisotopic (exact) mass is 326 g/mol. The molecule has 0 saturated heterocycles. The van der Waals surface area contributed by atoms with E-state index in [4.69, 9.17) is 5.11 Å². The summed E-state index contributed by atoms with van der Waals surface area (Å²) in [4.78, 5) is 9.92. The maximum absolute atomic E-state index is 9.92. The average Bonchev–Trinajstić information content (AvgIpc) is 1.65. The summed E-state index contributed by atoms with van der Waals surface area (Å²) >= 11 is 1.91. The second-order valence-corrected chi connectivity index (χ2v) is 5.67. The molecule has 0 fully saturated rings. The maximum atomic E-state index is 9.92. The Morgan fingerprint density at radius 2 is 2.29 bits per heavy atom. The fourth-order valence-electron chi connectivity index (χ4n) is 0.0306. The number of carboxylic acids is 1. The largest absolute Gasteiger partial charge is 0.478 e. The van der Waals surface area contributed by atoms with Gasteiger partial charge in [0.05, 0.1) is 3.51 Å². The molecule has 0 amide bonds. The van der Waals surface area contributed by atoms with Crippen LogP contribution in [0.3, 0.4) is 0 Å². The van der Waals surface area contributed by atoms with Crippen LogP contribution in [0.2, 0.25) is 0 Å². The van der Waals surface area contributed by atoms with Crippen molar-refractivity contribution in [3.63, 3.8) is 0 Å². The van der Waals surface area contributed by atoms with Crippen molar-refractivity contribution >= 4 is 44.8 Å². The van der Waals surface area contributed by atoms with E-state index >= 15 is 0 Å². The molecule has 42 valence electrons. The maximum Gasteiger partial charge on any atom is 0.337 e. The van der Waals surface area contributed by atoms with Gasteiger partial charge in [-0.15, -0.1) is 0 Å². The lowest BCUT2D eigenvalue weighted by Gasteiger charge is -1.81. The Balaban J connectivity index is 3.82. The molecule has 2 nitrogen and oxygen atoms in total. The summed E-state index contributed by atoms with van der Waals surface area (Å²) in [5.74, 6) is -0.748. The Bertz CT molecular complexity index is 108. The number of carbonyl (C=O) groups is 1. The van der Waals surface area contributed by atoms with Gasteiger partial charge >= 0.3 is 5.97 Å². The molecule has 0 radical (unpaired) electrons. The Hall–Kier alpha value is 0.800. The van der Waals surface area contributed by atoms with Crippen LogP contribution in [0.25, 0.3) is 0 Å².